The lowest BCUT2D eigenvalue weighted by atomic mass is 9.85. The van der Waals surface area contributed by atoms with E-state index in [9.17, 15) is 14.7 Å². The van der Waals surface area contributed by atoms with E-state index in [1.54, 1.807) is 24.1 Å². The van der Waals surface area contributed by atoms with Gasteiger partial charge in [-0.1, -0.05) is 39.0 Å². The van der Waals surface area contributed by atoms with E-state index in [2.05, 4.69) is 31.0 Å². The number of benzene rings is 2. The van der Waals surface area contributed by atoms with Gasteiger partial charge in [0.1, 0.15) is 5.75 Å². The Morgan fingerprint density at radius 1 is 1.13 bits per heavy atom. The van der Waals surface area contributed by atoms with Crippen LogP contribution >= 0.6 is 0 Å². The highest BCUT2D eigenvalue weighted by Gasteiger charge is 2.45. The number of methoxy groups -OCH3 is 1. The van der Waals surface area contributed by atoms with Crippen molar-refractivity contribution in [2.75, 3.05) is 12.0 Å². The standard InChI is InChI=1S/C23H23N3O4/c1-23(2,3)20-17-18(24-25-20)21(27)26(14-11-9-13(10-12-14)22(28)29)19(17)15-7-5-6-8-16(15)30-4/h5-12,19H,1-4H3,(H,24,25)(H,28,29). The van der Waals surface area contributed by atoms with Crippen LogP contribution in [0.2, 0.25) is 0 Å². The van der Waals surface area contributed by atoms with Crippen molar-refractivity contribution < 1.29 is 19.4 Å². The van der Waals surface area contributed by atoms with Gasteiger partial charge in [-0.05, 0) is 30.3 Å². The summed E-state index contributed by atoms with van der Waals surface area (Å²) in [5.41, 5.74) is 3.40. The Morgan fingerprint density at radius 3 is 2.40 bits per heavy atom. The highest BCUT2D eigenvalue weighted by molar-refractivity contribution is 6.11. The number of anilines is 1. The number of carboxylic acids is 1. The number of hydrogen-bond acceptors (Lipinski definition) is 4. The SMILES string of the molecule is COc1ccccc1C1c2c(n[nH]c2C(C)(C)C)C(=O)N1c1ccc(C(=O)O)cc1. The number of fused-ring (bicyclic) bond motifs is 1. The summed E-state index contributed by atoms with van der Waals surface area (Å²) in [6, 6.07) is 13.4. The molecule has 1 amide bonds. The molecule has 1 aliphatic rings. The number of aromatic amines is 1. The number of rotatable bonds is 4. The summed E-state index contributed by atoms with van der Waals surface area (Å²) in [5.74, 6) is -0.592. The van der Waals surface area contributed by atoms with Gasteiger partial charge in [-0.15, -0.1) is 0 Å². The number of H-pyrrole nitrogens is 1. The van der Waals surface area contributed by atoms with Gasteiger partial charge in [0, 0.05) is 27.9 Å². The van der Waals surface area contributed by atoms with E-state index in [-0.39, 0.29) is 16.9 Å². The van der Waals surface area contributed by atoms with Crippen LogP contribution in [-0.4, -0.2) is 34.3 Å². The number of hydrogen-bond donors (Lipinski definition) is 2. The van der Waals surface area contributed by atoms with E-state index in [0.29, 0.717) is 17.1 Å². The van der Waals surface area contributed by atoms with Gasteiger partial charge < -0.3 is 9.84 Å². The van der Waals surface area contributed by atoms with E-state index in [0.717, 1.165) is 16.8 Å². The highest BCUT2D eigenvalue weighted by atomic mass is 16.5. The van der Waals surface area contributed by atoms with Crippen LogP contribution in [-0.2, 0) is 5.41 Å². The number of aromatic carboxylic acids is 1. The topological polar surface area (TPSA) is 95.5 Å². The first-order chi connectivity index (χ1) is 14.2. The predicted octanol–water partition coefficient (Wildman–Crippen LogP) is 4.16. The highest BCUT2D eigenvalue weighted by Crippen LogP contribution is 2.47. The van der Waals surface area contributed by atoms with Crippen LogP contribution in [0.5, 0.6) is 5.75 Å². The number of carboxylic acid groups (broad SMARTS) is 1. The normalized spacial score (nSPS) is 15.9. The average Bonchev–Trinajstić information content (AvgIpc) is 3.27. The Hall–Kier alpha value is -3.61. The van der Waals surface area contributed by atoms with Gasteiger partial charge in [0.15, 0.2) is 5.69 Å². The Bertz CT molecular complexity index is 1130. The van der Waals surface area contributed by atoms with Crippen molar-refractivity contribution in [3.63, 3.8) is 0 Å². The zero-order valence-corrected chi connectivity index (χ0v) is 17.3. The van der Waals surface area contributed by atoms with E-state index in [4.69, 9.17) is 4.74 Å². The summed E-state index contributed by atoms with van der Waals surface area (Å²) >= 11 is 0. The molecule has 30 heavy (non-hydrogen) atoms. The van der Waals surface area contributed by atoms with Crippen LogP contribution in [0, 0.1) is 0 Å². The molecule has 0 saturated carbocycles. The molecule has 0 bridgehead atoms. The van der Waals surface area contributed by atoms with E-state index < -0.39 is 12.0 Å². The summed E-state index contributed by atoms with van der Waals surface area (Å²) in [5, 5.41) is 16.6. The van der Waals surface area contributed by atoms with Gasteiger partial charge in [0.2, 0.25) is 0 Å². The van der Waals surface area contributed by atoms with Crippen LogP contribution in [0.15, 0.2) is 48.5 Å². The molecule has 7 heteroatoms. The molecule has 1 atom stereocenters. The van der Waals surface area contributed by atoms with E-state index in [1.165, 1.54) is 12.1 Å². The quantitative estimate of drug-likeness (QED) is 0.679. The molecular formula is C23H23N3O4. The molecule has 0 aliphatic carbocycles. The molecule has 1 unspecified atom stereocenters. The second kappa shape index (κ2) is 7.02. The number of nitrogens with zero attached hydrogens (tertiary/aromatic N) is 2. The molecule has 0 radical (unpaired) electrons. The molecule has 4 rings (SSSR count). The van der Waals surface area contributed by atoms with Crippen molar-refractivity contribution in [2.45, 2.75) is 32.2 Å². The molecule has 2 aromatic carbocycles. The first-order valence-electron chi connectivity index (χ1n) is 9.62. The van der Waals surface area contributed by atoms with Gasteiger partial charge >= 0.3 is 5.97 Å². The maximum atomic E-state index is 13.4. The van der Waals surface area contributed by atoms with Gasteiger partial charge in [-0.25, -0.2) is 4.79 Å². The summed E-state index contributed by atoms with van der Waals surface area (Å²) in [4.78, 5) is 26.3. The van der Waals surface area contributed by atoms with Crippen molar-refractivity contribution in [3.05, 3.63) is 76.6 Å². The molecule has 7 nitrogen and oxygen atoms in total. The largest absolute Gasteiger partial charge is 0.496 e. The van der Waals surface area contributed by atoms with Crippen molar-refractivity contribution in [1.82, 2.24) is 10.2 Å². The van der Waals surface area contributed by atoms with Crippen molar-refractivity contribution in [2.24, 2.45) is 0 Å². The monoisotopic (exact) mass is 405 g/mol. The van der Waals surface area contributed by atoms with Gasteiger partial charge in [-0.2, -0.15) is 5.10 Å². The number of para-hydroxylation sites is 1. The van der Waals surface area contributed by atoms with Crippen molar-refractivity contribution >= 4 is 17.6 Å². The Balaban J connectivity index is 1.94. The lowest BCUT2D eigenvalue weighted by Gasteiger charge is -2.29. The molecule has 2 heterocycles. The number of carbonyl (C=O) groups excluding carboxylic acids is 1. The maximum Gasteiger partial charge on any atom is 0.335 e. The second-order valence-corrected chi connectivity index (χ2v) is 8.28. The fourth-order valence-corrected chi connectivity index (χ4v) is 3.93. The van der Waals surface area contributed by atoms with Gasteiger partial charge in [0.05, 0.1) is 18.7 Å². The minimum atomic E-state index is -1.02. The van der Waals surface area contributed by atoms with Crippen LogP contribution in [0.3, 0.4) is 0 Å². The Kier molecular flexibility index (Phi) is 4.61. The zero-order chi connectivity index (χ0) is 21.6. The number of ether oxygens (including phenoxy) is 1. The summed E-state index contributed by atoms with van der Waals surface area (Å²) in [6.07, 6.45) is 0. The average molecular weight is 405 g/mol. The summed E-state index contributed by atoms with van der Waals surface area (Å²) in [7, 11) is 1.60. The summed E-state index contributed by atoms with van der Waals surface area (Å²) < 4.78 is 5.60. The molecule has 154 valence electrons. The third-order valence-electron chi connectivity index (χ3n) is 5.33. The van der Waals surface area contributed by atoms with Crippen LogP contribution in [0.1, 0.15) is 64.5 Å². The third-order valence-corrected chi connectivity index (χ3v) is 5.33. The lowest BCUT2D eigenvalue weighted by molar-refractivity contribution is 0.0696. The molecule has 3 aromatic rings. The molecule has 0 saturated heterocycles. The predicted molar refractivity (Wildman–Crippen MR) is 112 cm³/mol. The zero-order valence-electron chi connectivity index (χ0n) is 17.3. The minimum Gasteiger partial charge on any atom is -0.496 e. The number of carbonyl (C=O) groups is 2. The van der Waals surface area contributed by atoms with E-state index in [1.807, 2.05) is 24.3 Å². The molecular weight excluding hydrogens is 382 g/mol. The smallest absolute Gasteiger partial charge is 0.335 e. The Labute approximate surface area is 174 Å². The number of aromatic nitrogens is 2. The van der Waals surface area contributed by atoms with Gasteiger partial charge in [-0.3, -0.25) is 14.8 Å². The molecule has 2 N–H and O–H groups in total. The summed E-state index contributed by atoms with van der Waals surface area (Å²) in [6.45, 7) is 6.19. The molecule has 0 fully saturated rings. The van der Waals surface area contributed by atoms with Gasteiger partial charge in [0.25, 0.3) is 5.91 Å². The van der Waals surface area contributed by atoms with Crippen LogP contribution in [0.25, 0.3) is 0 Å². The van der Waals surface area contributed by atoms with Crippen LogP contribution < -0.4 is 9.64 Å². The minimum absolute atomic E-state index is 0.160. The van der Waals surface area contributed by atoms with E-state index >= 15 is 0 Å². The van der Waals surface area contributed by atoms with Crippen molar-refractivity contribution in [1.29, 1.82) is 0 Å². The third kappa shape index (κ3) is 3.03. The Morgan fingerprint density at radius 2 is 1.80 bits per heavy atom. The molecule has 1 aliphatic heterocycles. The first kappa shape index (κ1) is 19.7. The number of nitrogens with one attached hydrogen (secondary N) is 1. The lowest BCUT2D eigenvalue weighted by Crippen LogP contribution is -2.30. The van der Waals surface area contributed by atoms with Crippen molar-refractivity contribution in [3.8, 4) is 5.75 Å². The first-order valence-corrected chi connectivity index (χ1v) is 9.62. The fraction of sp³-hybridized carbons (Fsp3) is 0.261. The molecule has 1 aromatic heterocycles. The number of amides is 1. The maximum absolute atomic E-state index is 13.4. The fourth-order valence-electron chi connectivity index (χ4n) is 3.93. The van der Waals surface area contributed by atoms with Crippen LogP contribution in [0.4, 0.5) is 5.69 Å². The molecule has 0 spiro atoms. The second-order valence-electron chi connectivity index (χ2n) is 8.28.